The summed E-state index contributed by atoms with van der Waals surface area (Å²) in [4.78, 5) is 23.4. The van der Waals surface area contributed by atoms with Crippen LogP contribution in [0.4, 0.5) is 0 Å². The Morgan fingerprint density at radius 2 is 1.13 bits per heavy atom. The zero-order valence-corrected chi connectivity index (χ0v) is 28.5. The predicted molar refractivity (Wildman–Crippen MR) is 173 cm³/mol. The Morgan fingerprint density at radius 3 is 1.56 bits per heavy atom. The molecule has 0 saturated heterocycles. The number of hydrogen-bond donors (Lipinski definition) is 2. The van der Waals surface area contributed by atoms with Gasteiger partial charge in [-0.2, -0.15) is 0 Å². The van der Waals surface area contributed by atoms with Gasteiger partial charge in [-0.3, -0.25) is 20.4 Å². The Hall–Kier alpha value is -3.55. The van der Waals surface area contributed by atoms with E-state index in [4.69, 9.17) is 45.6 Å². The third-order valence-electron chi connectivity index (χ3n) is 6.44. The minimum absolute atomic E-state index is 0.0312. The Morgan fingerprint density at radius 1 is 0.667 bits per heavy atom. The van der Waals surface area contributed by atoms with Gasteiger partial charge in [-0.05, 0) is 61.4 Å². The first-order valence-electron chi connectivity index (χ1n) is 13.0. The number of rotatable bonds is 8. The van der Waals surface area contributed by atoms with Crippen molar-refractivity contribution in [3.8, 4) is 0 Å². The van der Waals surface area contributed by atoms with E-state index in [1.54, 1.807) is 35.0 Å². The smallest absolute Gasteiger partial charge is 0.175 e. The predicted octanol–water partition coefficient (Wildman–Crippen LogP) is 5.20. The van der Waals surface area contributed by atoms with Gasteiger partial charge in [0, 0.05) is 36.5 Å². The molecule has 2 N–H and O–H groups in total. The monoisotopic (exact) mass is 710 g/mol. The van der Waals surface area contributed by atoms with E-state index in [2.05, 4.69) is 0 Å². The van der Waals surface area contributed by atoms with Crippen LogP contribution in [0, 0.1) is 10.8 Å². The van der Waals surface area contributed by atoms with Crippen LogP contribution in [0.15, 0.2) is 76.8 Å². The highest BCUT2D eigenvalue weighted by atomic mass is 35.5. The van der Waals surface area contributed by atoms with Gasteiger partial charge in [-0.15, -0.1) is 0 Å². The summed E-state index contributed by atoms with van der Waals surface area (Å²) < 4.78 is 49.7. The van der Waals surface area contributed by atoms with Crippen LogP contribution in [-0.2, 0) is 32.8 Å². The molecule has 4 aromatic rings. The zero-order valence-electron chi connectivity index (χ0n) is 24.6. The van der Waals surface area contributed by atoms with E-state index in [0.717, 1.165) is 18.1 Å². The maximum absolute atomic E-state index is 11.9. The first-order chi connectivity index (χ1) is 20.8. The molecule has 2 aromatic heterocycles. The number of pyridine rings is 2. The highest BCUT2D eigenvalue weighted by Gasteiger charge is 2.16. The van der Waals surface area contributed by atoms with Crippen molar-refractivity contribution in [2.75, 3.05) is 12.5 Å². The molecule has 4 rings (SSSR count). The van der Waals surface area contributed by atoms with Crippen LogP contribution >= 0.6 is 34.8 Å². The quantitative estimate of drug-likeness (QED) is 0.239. The third kappa shape index (κ3) is 9.47. The third-order valence-corrected chi connectivity index (χ3v) is 9.40. The second kappa shape index (κ2) is 14.3. The van der Waals surface area contributed by atoms with Crippen molar-refractivity contribution in [2.45, 2.75) is 36.7 Å². The van der Waals surface area contributed by atoms with E-state index in [1.165, 1.54) is 54.9 Å². The fraction of sp³-hybridized carbons (Fsp3) is 0.200. The van der Waals surface area contributed by atoms with Crippen LogP contribution in [0.1, 0.15) is 45.7 Å². The molecule has 0 spiro atoms. The maximum Gasteiger partial charge on any atom is 0.175 e. The molecular weight excluding hydrogens is 683 g/mol. The Kier molecular flexibility index (Phi) is 11.4. The number of benzene rings is 2. The summed E-state index contributed by atoms with van der Waals surface area (Å²) in [6.45, 7) is 3.14. The van der Waals surface area contributed by atoms with Gasteiger partial charge in [-0.1, -0.05) is 53.0 Å². The number of nitrogens with one attached hydrogen (secondary N) is 2. The van der Waals surface area contributed by atoms with Gasteiger partial charge >= 0.3 is 0 Å². The van der Waals surface area contributed by atoms with E-state index in [0.29, 0.717) is 27.2 Å². The SMILES string of the molecule is CC(=O)c1cc(Cl)cn(Cc2ccc(Cl)cc2S(C)(=O)=O)c1=N.CC(=O)c1cc(Cl)cn(Cc2ccc(S(C)(=O)=O)cc2)c1=N. The highest BCUT2D eigenvalue weighted by Crippen LogP contribution is 2.22. The van der Waals surface area contributed by atoms with Crippen LogP contribution in [0.3, 0.4) is 0 Å². The van der Waals surface area contributed by atoms with Gasteiger partial charge in [0.2, 0.25) is 0 Å². The second-order valence-corrected chi connectivity index (χ2v) is 15.5. The standard InChI is InChI=1S/C15H14Cl2N2O3S.C15H15ClN2O3S/c1-9(20)13-5-12(17)8-19(15(13)18)7-10-3-4-11(16)6-14(10)23(2,21)22;1-10(19)14-7-12(16)9-18(15(14)17)8-11-3-5-13(6-4-11)22(2,20)21/h3-6,8,18H,7H2,1-2H3;3-7,9,17H,8H2,1-2H3. The number of carbonyl (C=O) groups excluding carboxylic acids is 2. The molecule has 0 atom stereocenters. The van der Waals surface area contributed by atoms with Crippen molar-refractivity contribution in [3.05, 3.63) is 115 Å². The molecule has 0 aliphatic heterocycles. The molecule has 2 aromatic carbocycles. The van der Waals surface area contributed by atoms with Crippen molar-refractivity contribution in [1.29, 1.82) is 10.8 Å². The number of Topliss-reactive ketones (excluding diaryl/α,β-unsaturated/α-hetero) is 2. The summed E-state index contributed by atoms with van der Waals surface area (Å²) in [6, 6.07) is 13.8. The first kappa shape index (κ1) is 35.9. The number of ketones is 2. The number of sulfone groups is 2. The van der Waals surface area contributed by atoms with Crippen LogP contribution < -0.4 is 11.0 Å². The van der Waals surface area contributed by atoms with Crippen molar-refractivity contribution >= 4 is 66.0 Å². The lowest BCUT2D eigenvalue weighted by molar-refractivity contribution is 0.100. The molecule has 0 bridgehead atoms. The summed E-state index contributed by atoms with van der Waals surface area (Å²) >= 11 is 17.8. The molecule has 10 nitrogen and oxygen atoms in total. The minimum atomic E-state index is -3.48. The first-order valence-corrected chi connectivity index (χ1v) is 17.9. The summed E-state index contributed by atoms with van der Waals surface area (Å²) in [5.41, 5.74) is 1.74. The number of hydrogen-bond acceptors (Lipinski definition) is 8. The van der Waals surface area contributed by atoms with Gasteiger partial charge in [0.1, 0.15) is 11.0 Å². The Balaban J connectivity index is 0.000000246. The number of carbonyl (C=O) groups is 2. The molecule has 0 aliphatic carbocycles. The van der Waals surface area contributed by atoms with E-state index in [1.807, 2.05) is 0 Å². The van der Waals surface area contributed by atoms with Gasteiger partial charge in [0.25, 0.3) is 0 Å². The average Bonchev–Trinajstić information content (AvgIpc) is 2.92. The van der Waals surface area contributed by atoms with E-state index >= 15 is 0 Å². The Bertz CT molecular complexity index is 2140. The fourth-order valence-corrected chi connectivity index (χ4v) is 6.51. The fourth-order valence-electron chi connectivity index (χ4n) is 4.24. The van der Waals surface area contributed by atoms with Crippen molar-refractivity contribution in [1.82, 2.24) is 9.13 Å². The molecule has 0 saturated carbocycles. The van der Waals surface area contributed by atoms with Gasteiger partial charge in [0.15, 0.2) is 31.2 Å². The van der Waals surface area contributed by atoms with Gasteiger partial charge < -0.3 is 9.13 Å². The van der Waals surface area contributed by atoms with Gasteiger partial charge in [0.05, 0.1) is 37.5 Å². The lowest BCUT2D eigenvalue weighted by Crippen LogP contribution is -2.26. The number of aromatic nitrogens is 2. The molecule has 0 amide bonds. The molecule has 0 fully saturated rings. The summed E-state index contributed by atoms with van der Waals surface area (Å²) in [5, 5.41) is 17.1. The average molecular weight is 712 g/mol. The van der Waals surface area contributed by atoms with Gasteiger partial charge in [-0.25, -0.2) is 16.8 Å². The lowest BCUT2D eigenvalue weighted by Gasteiger charge is -2.13. The van der Waals surface area contributed by atoms with E-state index in [9.17, 15) is 26.4 Å². The van der Waals surface area contributed by atoms with Crippen molar-refractivity contribution in [3.63, 3.8) is 0 Å². The number of nitrogens with zero attached hydrogens (tertiary/aromatic N) is 2. The molecule has 45 heavy (non-hydrogen) atoms. The van der Waals surface area contributed by atoms with Crippen LogP contribution in [0.5, 0.6) is 0 Å². The zero-order chi connectivity index (χ0) is 33.9. The summed E-state index contributed by atoms with van der Waals surface area (Å²) in [6.07, 6.45) is 5.29. The summed E-state index contributed by atoms with van der Waals surface area (Å²) in [5.74, 6) is -0.514. The van der Waals surface area contributed by atoms with Crippen LogP contribution in [0.25, 0.3) is 0 Å². The van der Waals surface area contributed by atoms with Crippen molar-refractivity contribution in [2.24, 2.45) is 0 Å². The van der Waals surface area contributed by atoms with E-state index in [-0.39, 0.29) is 50.0 Å². The minimum Gasteiger partial charge on any atom is -0.327 e. The summed E-state index contributed by atoms with van der Waals surface area (Å²) in [7, 11) is -6.72. The largest absolute Gasteiger partial charge is 0.327 e. The topological polar surface area (TPSA) is 160 Å². The Labute approximate surface area is 275 Å². The highest BCUT2D eigenvalue weighted by molar-refractivity contribution is 7.91. The van der Waals surface area contributed by atoms with Crippen LogP contribution in [0.2, 0.25) is 15.1 Å². The lowest BCUT2D eigenvalue weighted by atomic mass is 10.2. The second-order valence-electron chi connectivity index (χ2n) is 10.1. The molecule has 238 valence electrons. The number of halogens is 3. The normalized spacial score (nSPS) is 11.4. The molecule has 0 unspecified atom stereocenters. The molecule has 0 aliphatic rings. The molecule has 15 heteroatoms. The molecule has 2 heterocycles. The maximum atomic E-state index is 11.9. The molecule has 0 radical (unpaired) electrons. The molecular formula is C30H29Cl3N4O6S2. The van der Waals surface area contributed by atoms with Crippen LogP contribution in [-0.4, -0.2) is 50.0 Å². The van der Waals surface area contributed by atoms with E-state index < -0.39 is 19.7 Å². The van der Waals surface area contributed by atoms with Crippen molar-refractivity contribution < 1.29 is 26.4 Å².